The monoisotopic (exact) mass is 444 g/mol. The number of para-hydroxylation sites is 2. The molecule has 0 unspecified atom stereocenters. The first-order chi connectivity index (χ1) is 14.7. The number of carbonyl (C=O) groups is 2. The molecular weight excluding hydrogens is 420 g/mol. The van der Waals surface area contributed by atoms with Crippen LogP contribution in [-0.2, 0) is 16.1 Å². The molecule has 7 nitrogen and oxygen atoms in total. The first kappa shape index (κ1) is 20.9. The smallest absolute Gasteiger partial charge is 0.264 e. The first-order valence-electron chi connectivity index (χ1n) is 9.85. The maximum atomic E-state index is 12.8. The van der Waals surface area contributed by atoms with Gasteiger partial charge in [-0.2, -0.15) is 0 Å². The Morgan fingerprint density at radius 3 is 2.60 bits per heavy atom. The number of amides is 2. The van der Waals surface area contributed by atoms with E-state index in [9.17, 15) is 9.59 Å². The lowest BCUT2D eigenvalue weighted by Crippen LogP contribution is -2.51. The zero-order valence-electron chi connectivity index (χ0n) is 16.8. The van der Waals surface area contributed by atoms with E-state index in [0.717, 1.165) is 21.1 Å². The Labute approximate surface area is 183 Å². The Morgan fingerprint density at radius 1 is 1.10 bits per heavy atom. The Balaban J connectivity index is 1.35. The molecule has 0 N–H and O–H groups in total. The predicted octanol–water partition coefficient (Wildman–Crippen LogP) is 2.82. The van der Waals surface area contributed by atoms with Gasteiger partial charge in [0, 0.05) is 39.8 Å². The molecule has 1 aliphatic heterocycles. The largest absolute Gasteiger partial charge is 0.383 e. The van der Waals surface area contributed by atoms with Crippen molar-refractivity contribution in [1.82, 2.24) is 19.4 Å². The van der Waals surface area contributed by atoms with Crippen LogP contribution < -0.4 is 0 Å². The number of piperazine rings is 1. The van der Waals surface area contributed by atoms with E-state index in [-0.39, 0.29) is 11.8 Å². The second-order valence-electron chi connectivity index (χ2n) is 6.97. The minimum atomic E-state index is 0.0540. The maximum absolute atomic E-state index is 12.8. The Morgan fingerprint density at radius 2 is 1.87 bits per heavy atom. The Bertz CT molecular complexity index is 1010. The molecule has 1 aromatic carbocycles. The van der Waals surface area contributed by atoms with Crippen LogP contribution in [0.25, 0.3) is 11.0 Å². The number of methoxy groups -OCH3 is 1. The van der Waals surface area contributed by atoms with Gasteiger partial charge >= 0.3 is 0 Å². The zero-order chi connectivity index (χ0) is 20.9. The fourth-order valence-electron chi connectivity index (χ4n) is 3.49. The van der Waals surface area contributed by atoms with Crippen LogP contribution in [0, 0.1) is 0 Å². The molecule has 3 heterocycles. The molecule has 0 spiro atoms. The average Bonchev–Trinajstić information content (AvgIpc) is 3.44. The number of thiophene rings is 1. The number of thioether (sulfide) groups is 1. The van der Waals surface area contributed by atoms with E-state index in [1.807, 2.05) is 51.6 Å². The molecule has 158 valence electrons. The SMILES string of the molecule is COCCn1c(SCC(=O)N2CCN(C(=O)c3cccs3)CC2)nc2ccccc21. The van der Waals surface area contributed by atoms with Crippen LogP contribution in [0.2, 0.25) is 0 Å². The molecule has 0 aliphatic carbocycles. The molecule has 9 heteroatoms. The van der Waals surface area contributed by atoms with Crippen molar-refractivity contribution < 1.29 is 14.3 Å². The third-order valence-corrected chi connectivity index (χ3v) is 6.93. The summed E-state index contributed by atoms with van der Waals surface area (Å²) in [5, 5.41) is 2.73. The maximum Gasteiger partial charge on any atom is 0.264 e. The van der Waals surface area contributed by atoms with E-state index in [4.69, 9.17) is 9.72 Å². The van der Waals surface area contributed by atoms with Crippen LogP contribution in [0.1, 0.15) is 9.67 Å². The lowest BCUT2D eigenvalue weighted by Gasteiger charge is -2.34. The Hall–Kier alpha value is -2.36. The molecule has 1 fully saturated rings. The summed E-state index contributed by atoms with van der Waals surface area (Å²) >= 11 is 2.91. The highest BCUT2D eigenvalue weighted by atomic mass is 32.2. The molecule has 2 aromatic heterocycles. The van der Waals surface area contributed by atoms with Gasteiger partial charge in [-0.3, -0.25) is 9.59 Å². The number of carbonyl (C=O) groups excluding carboxylic acids is 2. The molecule has 0 bridgehead atoms. The van der Waals surface area contributed by atoms with Gasteiger partial charge in [0.05, 0.1) is 28.3 Å². The number of ether oxygens (including phenoxy) is 1. The lowest BCUT2D eigenvalue weighted by atomic mass is 10.3. The summed E-state index contributed by atoms with van der Waals surface area (Å²) < 4.78 is 7.34. The number of imidazole rings is 1. The summed E-state index contributed by atoms with van der Waals surface area (Å²) in [5.74, 6) is 0.460. The van der Waals surface area contributed by atoms with Crippen LogP contribution in [0.15, 0.2) is 46.9 Å². The molecule has 0 saturated carbocycles. The van der Waals surface area contributed by atoms with Crippen molar-refractivity contribution in [3.05, 3.63) is 46.7 Å². The van der Waals surface area contributed by atoms with Gasteiger partial charge in [-0.15, -0.1) is 11.3 Å². The first-order valence-corrected chi connectivity index (χ1v) is 11.7. The highest BCUT2D eigenvalue weighted by Gasteiger charge is 2.25. The van der Waals surface area contributed by atoms with Crippen molar-refractivity contribution in [2.24, 2.45) is 0 Å². The quantitative estimate of drug-likeness (QED) is 0.524. The van der Waals surface area contributed by atoms with E-state index in [0.29, 0.717) is 45.1 Å². The van der Waals surface area contributed by atoms with Crippen molar-refractivity contribution in [1.29, 1.82) is 0 Å². The number of fused-ring (bicyclic) bond motifs is 1. The van der Waals surface area contributed by atoms with Gasteiger partial charge in [-0.1, -0.05) is 30.0 Å². The number of hydrogen-bond donors (Lipinski definition) is 0. The summed E-state index contributed by atoms with van der Waals surface area (Å²) in [5.41, 5.74) is 1.97. The third-order valence-electron chi connectivity index (χ3n) is 5.11. The van der Waals surface area contributed by atoms with Gasteiger partial charge in [-0.05, 0) is 23.6 Å². The van der Waals surface area contributed by atoms with Crippen LogP contribution in [-0.4, -0.2) is 76.8 Å². The van der Waals surface area contributed by atoms with Crippen molar-refractivity contribution in [2.75, 3.05) is 45.6 Å². The van der Waals surface area contributed by atoms with Crippen LogP contribution in [0.5, 0.6) is 0 Å². The van der Waals surface area contributed by atoms with Gasteiger partial charge in [0.25, 0.3) is 5.91 Å². The topological polar surface area (TPSA) is 67.7 Å². The third kappa shape index (κ3) is 4.53. The fourth-order valence-corrected chi connectivity index (χ4v) is 5.13. The van der Waals surface area contributed by atoms with Crippen molar-refractivity contribution in [2.45, 2.75) is 11.7 Å². The molecule has 30 heavy (non-hydrogen) atoms. The minimum absolute atomic E-state index is 0.0540. The molecule has 2 amide bonds. The van der Waals surface area contributed by atoms with E-state index in [2.05, 4.69) is 4.57 Å². The average molecular weight is 445 g/mol. The minimum Gasteiger partial charge on any atom is -0.383 e. The Kier molecular flexibility index (Phi) is 6.71. The highest BCUT2D eigenvalue weighted by molar-refractivity contribution is 7.99. The molecule has 3 aromatic rings. The van der Waals surface area contributed by atoms with E-state index in [1.54, 1.807) is 7.11 Å². The second kappa shape index (κ2) is 9.63. The van der Waals surface area contributed by atoms with Gasteiger partial charge in [0.2, 0.25) is 5.91 Å². The predicted molar refractivity (Wildman–Crippen MR) is 119 cm³/mol. The number of rotatable bonds is 7. The summed E-state index contributed by atoms with van der Waals surface area (Å²) in [6.07, 6.45) is 0. The van der Waals surface area contributed by atoms with Crippen molar-refractivity contribution in [3.8, 4) is 0 Å². The van der Waals surface area contributed by atoms with Gasteiger partial charge in [-0.25, -0.2) is 4.98 Å². The number of nitrogens with zero attached hydrogens (tertiary/aromatic N) is 4. The van der Waals surface area contributed by atoms with Crippen LogP contribution >= 0.6 is 23.1 Å². The zero-order valence-corrected chi connectivity index (χ0v) is 18.5. The number of benzene rings is 1. The van der Waals surface area contributed by atoms with E-state index >= 15 is 0 Å². The van der Waals surface area contributed by atoms with Crippen LogP contribution in [0.4, 0.5) is 0 Å². The highest BCUT2D eigenvalue weighted by Crippen LogP contribution is 2.24. The lowest BCUT2D eigenvalue weighted by molar-refractivity contribution is -0.129. The molecule has 0 radical (unpaired) electrons. The molecule has 4 rings (SSSR count). The number of aromatic nitrogens is 2. The summed E-state index contributed by atoms with van der Waals surface area (Å²) in [6.45, 7) is 3.55. The fraction of sp³-hybridized carbons (Fsp3) is 0.381. The number of hydrogen-bond acceptors (Lipinski definition) is 6. The standard InChI is InChI=1S/C21H24N4O3S2/c1-28-13-12-25-17-6-3-2-5-16(17)22-21(25)30-15-19(26)23-8-10-24(11-9-23)20(27)18-7-4-14-29-18/h2-7,14H,8-13,15H2,1H3. The normalized spacial score (nSPS) is 14.4. The van der Waals surface area contributed by atoms with E-state index < -0.39 is 0 Å². The molecular formula is C21H24N4O3S2. The van der Waals surface area contributed by atoms with E-state index in [1.165, 1.54) is 23.1 Å². The van der Waals surface area contributed by atoms with Crippen LogP contribution in [0.3, 0.4) is 0 Å². The summed E-state index contributed by atoms with van der Waals surface area (Å²) in [4.78, 5) is 34.3. The molecule has 1 aliphatic rings. The van der Waals surface area contributed by atoms with Gasteiger partial charge < -0.3 is 19.1 Å². The molecule has 0 atom stereocenters. The van der Waals surface area contributed by atoms with Gasteiger partial charge in [0.1, 0.15) is 0 Å². The van der Waals surface area contributed by atoms with Crippen molar-refractivity contribution in [3.63, 3.8) is 0 Å². The van der Waals surface area contributed by atoms with Gasteiger partial charge in [0.15, 0.2) is 5.16 Å². The molecule has 1 saturated heterocycles. The van der Waals surface area contributed by atoms with Crippen molar-refractivity contribution >= 4 is 45.9 Å². The summed E-state index contributed by atoms with van der Waals surface area (Å²) in [6, 6.07) is 11.7. The summed E-state index contributed by atoms with van der Waals surface area (Å²) in [7, 11) is 1.68. The second-order valence-corrected chi connectivity index (χ2v) is 8.86.